The minimum atomic E-state index is -0.689. The van der Waals surface area contributed by atoms with Crippen LogP contribution in [-0.4, -0.2) is 76.6 Å². The molecule has 6 rings (SSSR count). The van der Waals surface area contributed by atoms with Crippen molar-refractivity contribution < 1.29 is 33.2 Å². The number of nitrogens with zero attached hydrogens (tertiary/aromatic N) is 3. The van der Waals surface area contributed by atoms with Crippen LogP contribution in [0.4, 0.5) is 9.59 Å². The Labute approximate surface area is 365 Å². The first-order valence-corrected chi connectivity index (χ1v) is 22.1. The van der Waals surface area contributed by atoms with E-state index in [9.17, 15) is 19.2 Å². The Morgan fingerprint density at radius 3 is 2.05 bits per heavy atom. The highest BCUT2D eigenvalue weighted by Crippen LogP contribution is 2.38. The number of aryl methyl sites for hydroxylation is 1. The summed E-state index contributed by atoms with van der Waals surface area (Å²) in [6.07, 6.45) is 8.26. The molecule has 5 atom stereocenters. The standard InChI is InChI=1S/C49H63N7O6/c1-10-11-12-16-34(31(6)44(57)42(29(2)3)53-48(59)61-8)45-50-27-39(51-45)33-24-22-32(23-25-33)35-17-13-19-37-36(35)18-14-20-38(37)40-28-55(7)46(52-40)41-21-15-26-56(41)47(58)43(30(4)5)54-49(60)62-9/h13-14,17-20,22-25,27-31,34,41-43H,10-12,15-16,21,26H2,1-9H3,(H3,50,51,53,54,59,60)/p+1. The van der Waals surface area contributed by atoms with Gasteiger partial charge in [0, 0.05) is 23.9 Å². The van der Waals surface area contributed by atoms with Crippen LogP contribution in [0.2, 0.25) is 0 Å². The zero-order chi connectivity index (χ0) is 44.7. The lowest BCUT2D eigenvalue weighted by molar-refractivity contribution is -0.680. The van der Waals surface area contributed by atoms with Gasteiger partial charge in [0.15, 0.2) is 11.5 Å². The summed E-state index contributed by atoms with van der Waals surface area (Å²) in [4.78, 5) is 65.9. The zero-order valence-electron chi connectivity index (χ0n) is 37.7. The number of amides is 3. The molecular weight excluding hydrogens is 783 g/mol. The summed E-state index contributed by atoms with van der Waals surface area (Å²) >= 11 is 0. The van der Waals surface area contributed by atoms with Gasteiger partial charge in [0.1, 0.15) is 24.1 Å². The number of methoxy groups -OCH3 is 2. The van der Waals surface area contributed by atoms with Gasteiger partial charge in [0.05, 0.1) is 39.2 Å². The largest absolute Gasteiger partial charge is 0.453 e. The summed E-state index contributed by atoms with van der Waals surface area (Å²) in [7, 11) is 4.61. The van der Waals surface area contributed by atoms with Crippen molar-refractivity contribution >= 4 is 34.6 Å². The fourth-order valence-electron chi connectivity index (χ4n) is 8.94. The van der Waals surface area contributed by atoms with Crippen LogP contribution in [0.15, 0.2) is 73.1 Å². The third-order valence-electron chi connectivity index (χ3n) is 12.5. The van der Waals surface area contributed by atoms with Gasteiger partial charge in [-0.1, -0.05) is 115 Å². The second kappa shape index (κ2) is 20.3. The molecule has 4 N–H and O–H groups in total. The van der Waals surface area contributed by atoms with Crippen molar-refractivity contribution in [3.8, 4) is 33.6 Å². The number of imidazole rings is 2. The Morgan fingerprint density at radius 1 is 0.806 bits per heavy atom. The van der Waals surface area contributed by atoms with E-state index in [1.54, 1.807) is 0 Å². The van der Waals surface area contributed by atoms with Crippen molar-refractivity contribution in [2.45, 2.75) is 104 Å². The molecule has 0 saturated carbocycles. The number of ketones is 1. The number of nitrogens with one attached hydrogen (secondary N) is 4. The molecule has 3 amide bonds. The first kappa shape index (κ1) is 45.5. The number of ether oxygens (including phenoxy) is 2. The Bertz CT molecular complexity index is 2350. The zero-order valence-corrected chi connectivity index (χ0v) is 37.7. The van der Waals surface area contributed by atoms with Crippen molar-refractivity contribution in [2.75, 3.05) is 20.8 Å². The van der Waals surface area contributed by atoms with Crippen LogP contribution in [0.3, 0.4) is 0 Å². The van der Waals surface area contributed by atoms with E-state index in [-0.39, 0.29) is 41.4 Å². The van der Waals surface area contributed by atoms with Crippen LogP contribution < -0.4 is 15.2 Å². The highest BCUT2D eigenvalue weighted by molar-refractivity contribution is 6.04. The molecule has 1 aliphatic heterocycles. The highest BCUT2D eigenvalue weighted by Gasteiger charge is 2.41. The van der Waals surface area contributed by atoms with E-state index in [2.05, 4.69) is 99.0 Å². The smallest absolute Gasteiger partial charge is 0.407 e. The molecule has 0 aliphatic carbocycles. The van der Waals surface area contributed by atoms with Crippen LogP contribution >= 0.6 is 0 Å². The third-order valence-corrected chi connectivity index (χ3v) is 12.5. The molecule has 330 valence electrons. The maximum atomic E-state index is 13.9. The summed E-state index contributed by atoms with van der Waals surface area (Å²) < 4.78 is 11.7. The van der Waals surface area contributed by atoms with E-state index in [0.717, 1.165) is 94.6 Å². The Hall–Kier alpha value is -5.98. The molecule has 0 bridgehead atoms. The van der Waals surface area contributed by atoms with E-state index >= 15 is 0 Å². The van der Waals surface area contributed by atoms with Gasteiger partial charge in [0.25, 0.3) is 5.82 Å². The van der Waals surface area contributed by atoms with Crippen LogP contribution in [0, 0.1) is 17.8 Å². The predicted molar refractivity (Wildman–Crippen MR) is 241 cm³/mol. The Kier molecular flexibility index (Phi) is 14.9. The highest BCUT2D eigenvalue weighted by atomic mass is 16.5. The van der Waals surface area contributed by atoms with E-state index in [1.807, 2.05) is 52.8 Å². The maximum Gasteiger partial charge on any atom is 0.407 e. The number of Topliss-reactive ketones (excluding diaryl/α,β-unsaturated/α-hetero) is 1. The van der Waals surface area contributed by atoms with Gasteiger partial charge < -0.3 is 30.0 Å². The van der Waals surface area contributed by atoms with E-state index in [4.69, 9.17) is 14.5 Å². The first-order chi connectivity index (χ1) is 29.8. The van der Waals surface area contributed by atoms with Crippen LogP contribution in [0.5, 0.6) is 0 Å². The van der Waals surface area contributed by atoms with Gasteiger partial charge in [-0.05, 0) is 64.6 Å². The van der Waals surface area contributed by atoms with Gasteiger partial charge in [0.2, 0.25) is 5.91 Å². The number of carbonyl (C=O) groups is 4. The van der Waals surface area contributed by atoms with E-state index in [1.165, 1.54) is 14.2 Å². The Balaban J connectivity index is 1.24. The van der Waals surface area contributed by atoms with Crippen molar-refractivity contribution in [1.29, 1.82) is 0 Å². The van der Waals surface area contributed by atoms with Crippen molar-refractivity contribution in [3.05, 3.63) is 84.7 Å². The number of hydrogen-bond donors (Lipinski definition) is 4. The van der Waals surface area contributed by atoms with Crippen LogP contribution in [-0.2, 0) is 26.1 Å². The lowest BCUT2D eigenvalue weighted by Gasteiger charge is -2.29. The monoisotopic (exact) mass is 846 g/mol. The number of alkyl carbamates (subject to hydrolysis) is 2. The summed E-state index contributed by atoms with van der Waals surface area (Å²) in [6, 6.07) is 19.7. The number of hydrogen-bond acceptors (Lipinski definition) is 7. The fourth-order valence-corrected chi connectivity index (χ4v) is 8.94. The average Bonchev–Trinajstić information content (AvgIpc) is 4.05. The quantitative estimate of drug-likeness (QED) is 0.0536. The lowest BCUT2D eigenvalue weighted by atomic mass is 9.81. The molecule has 13 heteroatoms. The number of rotatable bonds is 17. The molecule has 1 aliphatic rings. The van der Waals surface area contributed by atoms with Crippen molar-refractivity contribution in [1.82, 2.24) is 30.5 Å². The predicted octanol–water partition coefficient (Wildman–Crippen LogP) is 9.01. The topological polar surface area (TPSA) is 162 Å². The number of H-pyrrole nitrogens is 2. The molecular formula is C49H64N7O6+. The van der Waals surface area contributed by atoms with E-state index in [0.29, 0.717) is 6.54 Å². The normalized spacial score (nSPS) is 16.0. The minimum absolute atomic E-state index is 0.0309. The van der Waals surface area contributed by atoms with Gasteiger partial charge in [-0.3, -0.25) is 9.59 Å². The molecule has 3 heterocycles. The number of aromatic nitrogens is 4. The minimum Gasteiger partial charge on any atom is -0.453 e. The SMILES string of the molecule is CCCCCC(c1ncc(-c2ccc(-c3cccc4c(-c5c[n+](C)c(C6CCCN6C(=O)C(NC(=O)OC)C(C)C)[nH]5)cccc34)cc2)[nH]1)C(C)C(=O)C(NC(=O)OC)C(C)C. The summed E-state index contributed by atoms with van der Waals surface area (Å²) in [5.74, 6) is 0.829. The molecule has 5 aromatic rings. The van der Waals surface area contributed by atoms with Crippen molar-refractivity contribution in [3.63, 3.8) is 0 Å². The van der Waals surface area contributed by atoms with Gasteiger partial charge in [-0.2, -0.15) is 0 Å². The molecule has 3 aromatic carbocycles. The Morgan fingerprint density at radius 2 is 1.42 bits per heavy atom. The summed E-state index contributed by atoms with van der Waals surface area (Å²) in [6.45, 7) is 12.4. The van der Waals surface area contributed by atoms with Gasteiger partial charge >= 0.3 is 12.2 Å². The molecule has 13 nitrogen and oxygen atoms in total. The molecule has 1 saturated heterocycles. The number of aromatic amines is 2. The molecule has 0 spiro atoms. The van der Waals surface area contributed by atoms with Gasteiger partial charge in [-0.15, -0.1) is 0 Å². The molecule has 5 unspecified atom stereocenters. The third kappa shape index (κ3) is 9.87. The first-order valence-electron chi connectivity index (χ1n) is 22.1. The number of unbranched alkanes of at least 4 members (excludes halogenated alkanes) is 2. The average molecular weight is 847 g/mol. The molecule has 2 aromatic heterocycles. The van der Waals surface area contributed by atoms with Crippen LogP contribution in [0.1, 0.15) is 104 Å². The van der Waals surface area contributed by atoms with Crippen LogP contribution in [0.25, 0.3) is 44.4 Å². The van der Waals surface area contributed by atoms with E-state index < -0.39 is 24.3 Å². The van der Waals surface area contributed by atoms with Crippen molar-refractivity contribution in [2.24, 2.45) is 24.8 Å². The van der Waals surface area contributed by atoms with Gasteiger partial charge in [-0.25, -0.2) is 24.1 Å². The molecule has 62 heavy (non-hydrogen) atoms. The summed E-state index contributed by atoms with van der Waals surface area (Å²) in [5.41, 5.74) is 6.04. The number of carbonyl (C=O) groups excluding carboxylic acids is 4. The number of likely N-dealkylation sites (tertiary alicyclic amines) is 1. The second-order valence-electron chi connectivity index (χ2n) is 17.3. The lowest BCUT2D eigenvalue weighted by Crippen LogP contribution is -2.52. The number of fused-ring (bicyclic) bond motifs is 1. The maximum absolute atomic E-state index is 13.9. The fraction of sp³-hybridized carbons (Fsp3) is 0.469. The summed E-state index contributed by atoms with van der Waals surface area (Å²) in [5, 5.41) is 7.71. The molecule has 1 fully saturated rings. The molecule has 0 radical (unpaired) electrons. The number of benzene rings is 3. The second-order valence-corrected chi connectivity index (χ2v) is 17.3.